The lowest BCUT2D eigenvalue weighted by Gasteiger charge is -2.49. The Labute approximate surface area is 265 Å². The SMILES string of the molecule is CC(C)C[C@H]1N=C(CC2=N[C@H](CC(C)C)C(C3CCCCC3)(C3CCCCC3)O2)OC1(C1CCCCC1)C1CCCCC1. The molecule has 2 aliphatic heterocycles. The molecule has 0 unspecified atom stereocenters. The summed E-state index contributed by atoms with van der Waals surface area (Å²) in [5.74, 6) is 5.82. The van der Waals surface area contributed by atoms with Gasteiger partial charge in [0.05, 0.1) is 18.5 Å². The highest BCUT2D eigenvalue weighted by Crippen LogP contribution is 2.54. The summed E-state index contributed by atoms with van der Waals surface area (Å²) in [6.45, 7) is 9.57. The fourth-order valence-corrected chi connectivity index (χ4v) is 11.1. The third-order valence-electron chi connectivity index (χ3n) is 12.9. The molecular weight excluding hydrogens is 528 g/mol. The molecule has 0 aromatic carbocycles. The Morgan fingerprint density at radius 1 is 0.488 bits per heavy atom. The van der Waals surface area contributed by atoms with Crippen LogP contribution in [0.3, 0.4) is 0 Å². The van der Waals surface area contributed by atoms with Gasteiger partial charge in [0.25, 0.3) is 0 Å². The molecule has 6 aliphatic rings. The fraction of sp³-hybridized carbons (Fsp3) is 0.949. The first-order valence-corrected chi connectivity index (χ1v) is 19.4. The Hall–Kier alpha value is -1.06. The first-order valence-electron chi connectivity index (χ1n) is 19.4. The quantitative estimate of drug-likeness (QED) is 0.252. The van der Waals surface area contributed by atoms with Crippen molar-refractivity contribution >= 4 is 11.8 Å². The van der Waals surface area contributed by atoms with E-state index in [1.54, 1.807) is 0 Å². The van der Waals surface area contributed by atoms with Crippen LogP contribution in [0.4, 0.5) is 0 Å². The summed E-state index contributed by atoms with van der Waals surface area (Å²) in [7, 11) is 0. The molecule has 6 rings (SSSR count). The van der Waals surface area contributed by atoms with Crippen LogP contribution < -0.4 is 0 Å². The Morgan fingerprint density at radius 3 is 1.02 bits per heavy atom. The van der Waals surface area contributed by atoms with Crippen molar-refractivity contribution in [3.63, 3.8) is 0 Å². The van der Waals surface area contributed by atoms with Gasteiger partial charge in [-0.05, 0) is 76.0 Å². The molecule has 43 heavy (non-hydrogen) atoms. The highest BCUT2D eigenvalue weighted by molar-refractivity contribution is 5.99. The minimum atomic E-state index is -0.0965. The number of aliphatic imine (C=N–C) groups is 2. The molecule has 0 radical (unpaired) electrons. The highest BCUT2D eigenvalue weighted by Gasteiger charge is 2.59. The predicted octanol–water partition coefficient (Wildman–Crippen LogP) is 10.9. The Balaban J connectivity index is 1.30. The van der Waals surface area contributed by atoms with Gasteiger partial charge in [0.15, 0.2) is 11.8 Å². The van der Waals surface area contributed by atoms with E-state index in [2.05, 4.69) is 27.7 Å². The summed E-state index contributed by atoms with van der Waals surface area (Å²) < 4.78 is 14.9. The van der Waals surface area contributed by atoms with Crippen LogP contribution in [-0.2, 0) is 9.47 Å². The summed E-state index contributed by atoms with van der Waals surface area (Å²) in [5, 5.41) is 0. The fourth-order valence-electron chi connectivity index (χ4n) is 11.1. The monoisotopic (exact) mass is 595 g/mol. The molecule has 4 aliphatic carbocycles. The molecule has 0 N–H and O–H groups in total. The van der Waals surface area contributed by atoms with Gasteiger partial charge in [-0.2, -0.15) is 0 Å². The first kappa shape index (κ1) is 31.9. The van der Waals surface area contributed by atoms with Crippen LogP contribution in [0.25, 0.3) is 0 Å². The minimum Gasteiger partial charge on any atom is -0.471 e. The van der Waals surface area contributed by atoms with E-state index >= 15 is 0 Å². The Bertz CT molecular complexity index is 832. The third kappa shape index (κ3) is 6.61. The van der Waals surface area contributed by atoms with Crippen LogP contribution in [-0.4, -0.2) is 35.1 Å². The normalized spacial score (nSPS) is 31.2. The molecule has 0 aromatic rings. The van der Waals surface area contributed by atoms with Crippen molar-refractivity contribution in [1.82, 2.24) is 0 Å². The second kappa shape index (κ2) is 14.1. The van der Waals surface area contributed by atoms with Gasteiger partial charge in [0, 0.05) is 23.7 Å². The maximum absolute atomic E-state index is 7.47. The van der Waals surface area contributed by atoms with Crippen LogP contribution in [0.1, 0.15) is 175 Å². The van der Waals surface area contributed by atoms with Gasteiger partial charge >= 0.3 is 0 Å². The smallest absolute Gasteiger partial charge is 0.193 e. The number of hydrogen-bond acceptors (Lipinski definition) is 4. The number of hydrogen-bond donors (Lipinski definition) is 0. The molecule has 0 bridgehead atoms. The van der Waals surface area contributed by atoms with Crippen LogP contribution >= 0.6 is 0 Å². The molecule has 4 heteroatoms. The Morgan fingerprint density at radius 2 is 0.767 bits per heavy atom. The van der Waals surface area contributed by atoms with Crippen molar-refractivity contribution in [3.8, 4) is 0 Å². The van der Waals surface area contributed by atoms with Gasteiger partial charge in [-0.25, -0.2) is 9.98 Å². The summed E-state index contributed by atoms with van der Waals surface area (Å²) in [6, 6.07) is 0.590. The van der Waals surface area contributed by atoms with Crippen LogP contribution in [0, 0.1) is 35.5 Å². The van der Waals surface area contributed by atoms with Crippen molar-refractivity contribution in [3.05, 3.63) is 0 Å². The zero-order valence-corrected chi connectivity index (χ0v) is 28.6. The molecule has 0 saturated heterocycles. The molecule has 0 aromatic heterocycles. The third-order valence-corrected chi connectivity index (χ3v) is 12.9. The number of ether oxygens (including phenoxy) is 2. The summed E-state index contributed by atoms with van der Waals surface area (Å²) in [6.07, 6.45) is 30.1. The molecule has 2 heterocycles. The molecule has 4 nitrogen and oxygen atoms in total. The van der Waals surface area contributed by atoms with E-state index in [-0.39, 0.29) is 11.2 Å². The van der Waals surface area contributed by atoms with E-state index in [0.29, 0.717) is 54.0 Å². The van der Waals surface area contributed by atoms with Crippen molar-refractivity contribution in [2.45, 2.75) is 199 Å². The van der Waals surface area contributed by atoms with Gasteiger partial charge in [-0.1, -0.05) is 105 Å². The van der Waals surface area contributed by atoms with Crippen LogP contribution in [0.2, 0.25) is 0 Å². The van der Waals surface area contributed by atoms with Crippen molar-refractivity contribution in [2.24, 2.45) is 45.5 Å². The van der Waals surface area contributed by atoms with E-state index in [9.17, 15) is 0 Å². The lowest BCUT2D eigenvalue weighted by molar-refractivity contribution is -0.0878. The van der Waals surface area contributed by atoms with Gasteiger partial charge < -0.3 is 9.47 Å². The zero-order valence-electron chi connectivity index (χ0n) is 28.6. The molecular formula is C39H66N2O2. The van der Waals surface area contributed by atoms with Crippen LogP contribution in [0.5, 0.6) is 0 Å². The average molecular weight is 595 g/mol. The topological polar surface area (TPSA) is 43.2 Å². The first-order chi connectivity index (χ1) is 20.9. The van der Waals surface area contributed by atoms with Crippen molar-refractivity contribution in [1.29, 1.82) is 0 Å². The lowest BCUT2D eigenvalue weighted by atomic mass is 9.62. The number of rotatable bonds is 10. The minimum absolute atomic E-state index is 0.0965. The van der Waals surface area contributed by atoms with E-state index < -0.39 is 0 Å². The molecule has 0 spiro atoms. The largest absolute Gasteiger partial charge is 0.471 e. The predicted molar refractivity (Wildman–Crippen MR) is 180 cm³/mol. The molecule has 4 saturated carbocycles. The summed E-state index contributed by atoms with van der Waals surface area (Å²) in [5.41, 5.74) is -0.193. The van der Waals surface area contributed by atoms with Crippen LogP contribution in [0.15, 0.2) is 9.98 Å². The van der Waals surface area contributed by atoms with E-state index in [1.165, 1.54) is 128 Å². The Kier molecular flexibility index (Phi) is 10.5. The van der Waals surface area contributed by atoms with Crippen molar-refractivity contribution < 1.29 is 9.47 Å². The summed E-state index contributed by atoms with van der Waals surface area (Å²) in [4.78, 5) is 11.2. The lowest BCUT2D eigenvalue weighted by Crippen LogP contribution is -2.55. The summed E-state index contributed by atoms with van der Waals surface area (Å²) >= 11 is 0. The molecule has 4 fully saturated rings. The van der Waals surface area contributed by atoms with Gasteiger partial charge in [-0.15, -0.1) is 0 Å². The molecule has 0 amide bonds. The standard InChI is InChI=1S/C39H66N2O2/c1-28(2)25-34-38(30-17-9-5-10-18-30,31-19-11-6-12-20-31)42-36(40-34)27-37-41-35(26-29(3)4)39(43-37,32-21-13-7-14-22-32)33-23-15-8-16-24-33/h28-35H,5-27H2,1-4H3/t34-,35-/m1/s1. The van der Waals surface area contributed by atoms with E-state index in [0.717, 1.165) is 24.6 Å². The number of nitrogens with zero attached hydrogens (tertiary/aromatic N) is 2. The average Bonchev–Trinajstić information content (AvgIpc) is 3.57. The second-order valence-corrected chi connectivity index (χ2v) is 16.8. The maximum Gasteiger partial charge on any atom is 0.193 e. The van der Waals surface area contributed by atoms with Gasteiger partial charge in [0.1, 0.15) is 11.2 Å². The van der Waals surface area contributed by atoms with Crippen molar-refractivity contribution in [2.75, 3.05) is 0 Å². The van der Waals surface area contributed by atoms with E-state index in [4.69, 9.17) is 19.5 Å². The zero-order chi connectivity index (χ0) is 29.9. The maximum atomic E-state index is 7.47. The highest BCUT2D eigenvalue weighted by atomic mass is 16.5. The van der Waals surface area contributed by atoms with Gasteiger partial charge in [-0.3, -0.25) is 0 Å². The van der Waals surface area contributed by atoms with E-state index in [1.807, 2.05) is 0 Å². The molecule has 2 atom stereocenters. The second-order valence-electron chi connectivity index (χ2n) is 16.8. The molecule has 244 valence electrons. The van der Waals surface area contributed by atoms with Gasteiger partial charge in [0.2, 0.25) is 0 Å².